The highest BCUT2D eigenvalue weighted by molar-refractivity contribution is 6.11. The second-order valence-electron chi connectivity index (χ2n) is 22.5. The molecule has 25 atom stereocenters. The number of aliphatic hydroxyl groups excluding tert-OH is 6. The lowest BCUT2D eigenvalue weighted by atomic mass is 9.75. The number of carbonyl (C=O) groups excluding carboxylic acids is 3. The van der Waals surface area contributed by atoms with Gasteiger partial charge < -0.3 is 108 Å². The lowest BCUT2D eigenvalue weighted by Gasteiger charge is -2.46. The number of aliphatic hydroxyl groups is 7. The van der Waals surface area contributed by atoms with E-state index in [-0.39, 0.29) is 71.7 Å². The summed E-state index contributed by atoms with van der Waals surface area (Å²) in [5.41, 5.74) is -1.48. The normalized spacial score (nSPS) is 40.9. The molecule has 0 saturated carbocycles. The molecular formula is C55H80O25. The van der Waals surface area contributed by atoms with Gasteiger partial charge in [0.25, 0.3) is 0 Å². The van der Waals surface area contributed by atoms with E-state index in [1.807, 2.05) is 0 Å². The molecule has 1 aliphatic carbocycles. The molecule has 0 amide bonds. The zero-order chi connectivity index (χ0) is 58.6. The quantitative estimate of drug-likeness (QED) is 0.0997. The zero-order valence-corrected chi connectivity index (χ0v) is 46.8. The molecule has 5 heterocycles. The third-order valence-electron chi connectivity index (χ3n) is 16.4. The van der Waals surface area contributed by atoms with Gasteiger partial charge in [0.15, 0.2) is 42.8 Å². The summed E-state index contributed by atoms with van der Waals surface area (Å²) in [6, 6.07) is 3.05. The van der Waals surface area contributed by atoms with Gasteiger partial charge in [0.1, 0.15) is 66.1 Å². The van der Waals surface area contributed by atoms with E-state index in [0.29, 0.717) is 0 Å². The van der Waals surface area contributed by atoms with E-state index >= 15 is 4.79 Å². The molecule has 80 heavy (non-hydrogen) atoms. The van der Waals surface area contributed by atoms with Crippen LogP contribution < -0.4 is 4.74 Å². The molecule has 5 saturated heterocycles. The highest BCUT2D eigenvalue weighted by Gasteiger charge is 2.52. The average Bonchev–Trinajstić information content (AvgIpc) is 3.50. The first kappa shape index (κ1) is 62.2. The Morgan fingerprint density at radius 3 is 1.82 bits per heavy atom. The molecule has 2 aromatic carbocycles. The van der Waals surface area contributed by atoms with Crippen LogP contribution in [0.15, 0.2) is 12.1 Å². The molecular weight excluding hydrogens is 1060 g/mol. The fraction of sp³-hybridized carbons (Fsp3) is 0.764. The summed E-state index contributed by atoms with van der Waals surface area (Å²) in [6.07, 6.45) is -25.7. The average molecular weight is 1140 g/mol. The van der Waals surface area contributed by atoms with Crippen molar-refractivity contribution in [2.45, 2.75) is 248 Å². The van der Waals surface area contributed by atoms with Gasteiger partial charge in [0, 0.05) is 64.7 Å². The lowest BCUT2D eigenvalue weighted by Crippen LogP contribution is -2.58. The van der Waals surface area contributed by atoms with Crippen molar-refractivity contribution in [3.8, 4) is 17.2 Å². The van der Waals surface area contributed by atoms with Crippen molar-refractivity contribution in [3.63, 3.8) is 0 Å². The molecule has 5 fully saturated rings. The number of Topliss-reactive ketones (excluding diaryl/α,β-unsaturated/α-hetero) is 2. The fourth-order valence-electron chi connectivity index (χ4n) is 12.0. The first-order chi connectivity index (χ1) is 37.6. The monoisotopic (exact) mass is 1140 g/mol. The highest BCUT2D eigenvalue weighted by Crippen LogP contribution is 2.48. The highest BCUT2D eigenvalue weighted by atomic mass is 16.7. The predicted molar refractivity (Wildman–Crippen MR) is 273 cm³/mol. The number of benzene rings is 2. The minimum absolute atomic E-state index is 0.0207. The summed E-state index contributed by atoms with van der Waals surface area (Å²) in [6.45, 7) is 13.6. The summed E-state index contributed by atoms with van der Waals surface area (Å²) in [5, 5.41) is 99.9. The number of carbonyl (C=O) groups is 3. The second-order valence-corrected chi connectivity index (χ2v) is 22.5. The van der Waals surface area contributed by atoms with Crippen molar-refractivity contribution >= 4 is 28.3 Å². The Morgan fingerprint density at radius 1 is 0.713 bits per heavy atom. The number of ketones is 2. The molecule has 0 unspecified atom stereocenters. The Labute approximate surface area is 463 Å². The summed E-state index contributed by atoms with van der Waals surface area (Å²) in [7, 11) is 2.65. The van der Waals surface area contributed by atoms with Crippen LogP contribution in [0.25, 0.3) is 10.8 Å². The molecule has 0 spiro atoms. The minimum Gasteiger partial charge on any atom is -0.507 e. The molecule has 9 N–H and O–H groups in total. The maximum atomic E-state index is 15.1. The Kier molecular flexibility index (Phi) is 19.6. The number of ether oxygens (including phenoxy) is 13. The number of fused-ring (bicyclic) bond motifs is 2. The van der Waals surface area contributed by atoms with E-state index in [0.717, 1.165) is 0 Å². The Bertz CT molecular complexity index is 2500. The molecule has 8 rings (SSSR count). The number of esters is 1. The van der Waals surface area contributed by atoms with Gasteiger partial charge in [-0.1, -0.05) is 0 Å². The van der Waals surface area contributed by atoms with Gasteiger partial charge in [0.05, 0.1) is 71.5 Å². The molecule has 0 bridgehead atoms. The van der Waals surface area contributed by atoms with Gasteiger partial charge in [-0.05, 0) is 84.9 Å². The summed E-state index contributed by atoms with van der Waals surface area (Å²) < 4.78 is 78.5. The van der Waals surface area contributed by atoms with Crippen LogP contribution in [0.5, 0.6) is 17.2 Å². The summed E-state index contributed by atoms with van der Waals surface area (Å²) >= 11 is 0. The van der Waals surface area contributed by atoms with Gasteiger partial charge in [-0.15, -0.1) is 0 Å². The lowest BCUT2D eigenvalue weighted by molar-refractivity contribution is -0.334. The van der Waals surface area contributed by atoms with Crippen LogP contribution in [0.3, 0.4) is 0 Å². The van der Waals surface area contributed by atoms with Gasteiger partial charge in [-0.3, -0.25) is 14.4 Å². The Morgan fingerprint density at radius 2 is 1.25 bits per heavy atom. The Hall–Kier alpha value is -3.81. The van der Waals surface area contributed by atoms with E-state index in [1.165, 1.54) is 54.0 Å². The molecule has 25 nitrogen and oxygen atoms in total. The molecule has 25 heteroatoms. The van der Waals surface area contributed by atoms with E-state index in [1.54, 1.807) is 34.6 Å². The zero-order valence-electron chi connectivity index (χ0n) is 46.8. The number of rotatable bonds is 17. The number of phenols is 2. The van der Waals surface area contributed by atoms with Gasteiger partial charge in [-0.2, -0.15) is 0 Å². The van der Waals surface area contributed by atoms with Crippen molar-refractivity contribution in [1.82, 2.24) is 0 Å². The number of methoxy groups -OCH3 is 2. The molecule has 0 aromatic heterocycles. The first-order valence-electron chi connectivity index (χ1n) is 27.3. The SMILES string of the molecule is CO[C@H]1[C@H](O)C[C@@H](O[C@@H]2C[C@H](Oc3cc4cc5c(c(O)c4c(O)c3C)C(=O)[C@@H](O[C@H]3C[C@H](O[C@H]4C[C@H](O[C@H]6C[C@@](C)(O)[C@@H](O)[C@H](C)O6)[C@H](O)[C@@H](C)O4)[C@H](O)[C@@H](C)O3)[C@H]([C@H](OC)C(=O)[C@@H](O)[C@@H](C)O)C5)O[C@H](C)[C@H]2OC(C)=O)O[C@@H]1C. The largest absolute Gasteiger partial charge is 0.507 e. The predicted octanol–water partition coefficient (Wildman–Crippen LogP) is 0.976. The van der Waals surface area contributed by atoms with Crippen molar-refractivity contribution in [2.24, 2.45) is 5.92 Å². The topological polar surface area (TPSA) is 353 Å². The van der Waals surface area contributed by atoms with Crippen LogP contribution in [0, 0.1) is 12.8 Å². The van der Waals surface area contributed by atoms with Crippen LogP contribution in [0.2, 0.25) is 0 Å². The first-order valence-corrected chi connectivity index (χ1v) is 27.3. The summed E-state index contributed by atoms with van der Waals surface area (Å²) in [5.74, 6) is -4.68. The van der Waals surface area contributed by atoms with Crippen LogP contribution in [-0.4, -0.2) is 225 Å². The maximum Gasteiger partial charge on any atom is 0.303 e. The minimum atomic E-state index is -1.95. The van der Waals surface area contributed by atoms with Crippen molar-refractivity contribution in [3.05, 3.63) is 28.8 Å². The van der Waals surface area contributed by atoms with Crippen LogP contribution in [0.4, 0.5) is 0 Å². The van der Waals surface area contributed by atoms with E-state index < -0.39 is 182 Å². The Balaban J connectivity index is 1.05. The molecule has 6 aliphatic rings. The number of aromatic hydroxyl groups is 2. The van der Waals surface area contributed by atoms with Crippen LogP contribution in [0.1, 0.15) is 109 Å². The van der Waals surface area contributed by atoms with Gasteiger partial charge >= 0.3 is 5.97 Å². The van der Waals surface area contributed by atoms with E-state index in [4.69, 9.17) is 61.6 Å². The maximum absolute atomic E-state index is 15.1. The molecule has 2 aromatic rings. The molecule has 5 aliphatic heterocycles. The van der Waals surface area contributed by atoms with Gasteiger partial charge in [-0.25, -0.2) is 0 Å². The van der Waals surface area contributed by atoms with Crippen LogP contribution >= 0.6 is 0 Å². The third kappa shape index (κ3) is 12.9. The van der Waals surface area contributed by atoms with Crippen LogP contribution in [-0.2, 0) is 72.9 Å². The second kappa shape index (κ2) is 25.2. The van der Waals surface area contributed by atoms with Crippen molar-refractivity contribution in [2.75, 3.05) is 14.2 Å². The van der Waals surface area contributed by atoms with Crippen molar-refractivity contribution < 1.29 is 122 Å². The number of hydrogen-bond donors (Lipinski definition) is 9. The number of phenolic OH excluding ortho intramolecular Hbond substituents is 2. The summed E-state index contributed by atoms with van der Waals surface area (Å²) in [4.78, 5) is 41.3. The molecule has 450 valence electrons. The smallest absolute Gasteiger partial charge is 0.303 e. The standard InChI is InChI=1S/C55H80O25/c1-20-32(76-38-18-35(51(25(6)73-38)75-27(8)57)79-36-15-31(58)50(68-10)24(5)72-36)14-29-12-28-13-30(52(69-11)49(65)44(60)21(2)56)53(48(64)42(28)47(63)41(29)43(20)59)80-39-17-33(45(61)23(4)71-39)77-37-16-34(46(62)22(3)70-37)78-40-19-55(9,67)54(66)26(7)74-40/h12,14,21-26,30-31,33-40,44-46,50-54,56,58-63,66-67H,13,15-19H2,1-11H3/t21-,22-,23-,24-,25-,26+,30+,31-,33+,34+,35-,36-,37+,38+,39+,40+,44+,45-,46-,50-,51-,52+,53+,54+,55-/m1/s1. The van der Waals surface area contributed by atoms with E-state index in [2.05, 4.69) is 0 Å². The van der Waals surface area contributed by atoms with Gasteiger partial charge in [0.2, 0.25) is 6.29 Å². The molecule has 0 radical (unpaired) electrons. The third-order valence-corrected chi connectivity index (χ3v) is 16.4. The fourth-order valence-corrected chi connectivity index (χ4v) is 12.0. The van der Waals surface area contributed by atoms with E-state index in [9.17, 15) is 55.5 Å². The number of hydrogen-bond acceptors (Lipinski definition) is 25. The van der Waals surface area contributed by atoms with Crippen molar-refractivity contribution in [1.29, 1.82) is 0 Å².